The lowest BCUT2D eigenvalue weighted by atomic mass is 9.76. The molecule has 0 aromatic heterocycles. The molecule has 0 heterocycles. The summed E-state index contributed by atoms with van der Waals surface area (Å²) in [6.07, 6.45) is 4.56. The Bertz CT molecular complexity index is 386. The zero-order valence-corrected chi connectivity index (χ0v) is 10.3. The van der Waals surface area contributed by atoms with Crippen molar-refractivity contribution in [2.75, 3.05) is 5.32 Å². The van der Waals surface area contributed by atoms with Crippen molar-refractivity contribution in [3.63, 3.8) is 0 Å². The number of nitrogens with one attached hydrogen (secondary N) is 1. The molecule has 1 saturated carbocycles. The summed E-state index contributed by atoms with van der Waals surface area (Å²) in [5.41, 5.74) is 5.86. The smallest absolute Gasteiger partial charge is 0.242 e. The summed E-state index contributed by atoms with van der Waals surface area (Å²) in [7, 11) is 0. The number of benzene rings is 1. The standard InChI is InChI=1S/C14H20N2O/c1-14(13(15)17,10-11-6-5-7-11)16-12-8-3-2-4-9-12/h2-4,8-9,11,16H,5-7,10H2,1H3,(H2,15,17). The Morgan fingerprint density at radius 2 is 2.06 bits per heavy atom. The fourth-order valence-electron chi connectivity index (χ4n) is 2.33. The fraction of sp³-hybridized carbons (Fsp3) is 0.500. The lowest BCUT2D eigenvalue weighted by Gasteiger charge is -2.36. The van der Waals surface area contributed by atoms with E-state index in [2.05, 4.69) is 5.32 Å². The van der Waals surface area contributed by atoms with Crippen molar-refractivity contribution in [1.29, 1.82) is 0 Å². The molecule has 1 aromatic rings. The zero-order valence-electron chi connectivity index (χ0n) is 10.3. The van der Waals surface area contributed by atoms with Gasteiger partial charge in [0.15, 0.2) is 0 Å². The highest BCUT2D eigenvalue weighted by molar-refractivity contribution is 5.87. The molecule has 0 bridgehead atoms. The molecule has 3 nitrogen and oxygen atoms in total. The number of carbonyl (C=O) groups is 1. The van der Waals surface area contributed by atoms with E-state index < -0.39 is 5.54 Å². The van der Waals surface area contributed by atoms with Gasteiger partial charge >= 0.3 is 0 Å². The Morgan fingerprint density at radius 3 is 2.53 bits per heavy atom. The number of nitrogens with two attached hydrogens (primary N) is 1. The Labute approximate surface area is 102 Å². The molecule has 0 aliphatic heterocycles. The summed E-state index contributed by atoms with van der Waals surface area (Å²) in [5, 5.41) is 3.28. The maximum Gasteiger partial charge on any atom is 0.242 e. The molecule has 0 spiro atoms. The third-order valence-corrected chi connectivity index (χ3v) is 3.66. The number of primary amides is 1. The predicted molar refractivity (Wildman–Crippen MR) is 69.6 cm³/mol. The topological polar surface area (TPSA) is 55.1 Å². The molecule has 1 fully saturated rings. The van der Waals surface area contributed by atoms with Gasteiger partial charge in [-0.2, -0.15) is 0 Å². The van der Waals surface area contributed by atoms with Gasteiger partial charge in [-0.15, -0.1) is 0 Å². The van der Waals surface area contributed by atoms with E-state index in [0.29, 0.717) is 5.92 Å². The van der Waals surface area contributed by atoms with Crippen molar-refractivity contribution in [3.8, 4) is 0 Å². The fourth-order valence-corrected chi connectivity index (χ4v) is 2.33. The minimum absolute atomic E-state index is 0.270. The molecule has 0 radical (unpaired) electrons. The zero-order chi connectivity index (χ0) is 12.3. The van der Waals surface area contributed by atoms with Crippen molar-refractivity contribution in [2.45, 2.75) is 38.1 Å². The summed E-state index contributed by atoms with van der Waals surface area (Å²) in [4.78, 5) is 11.7. The van der Waals surface area contributed by atoms with Gasteiger partial charge in [-0.05, 0) is 31.4 Å². The van der Waals surface area contributed by atoms with E-state index in [1.54, 1.807) is 0 Å². The van der Waals surface area contributed by atoms with Crippen molar-refractivity contribution in [2.24, 2.45) is 11.7 Å². The van der Waals surface area contributed by atoms with Gasteiger partial charge in [0.1, 0.15) is 5.54 Å². The normalized spacial score (nSPS) is 19.1. The van der Waals surface area contributed by atoms with Gasteiger partial charge in [-0.25, -0.2) is 0 Å². The van der Waals surface area contributed by atoms with E-state index in [4.69, 9.17) is 5.73 Å². The highest BCUT2D eigenvalue weighted by atomic mass is 16.1. The SMILES string of the molecule is CC(CC1CCC1)(Nc1ccccc1)C(N)=O. The summed E-state index contributed by atoms with van der Waals surface area (Å²) in [6.45, 7) is 1.90. The molecule has 1 atom stereocenters. The van der Waals surface area contributed by atoms with Gasteiger partial charge < -0.3 is 11.1 Å². The van der Waals surface area contributed by atoms with Crippen LogP contribution in [0.4, 0.5) is 5.69 Å². The molecular formula is C14H20N2O. The molecule has 17 heavy (non-hydrogen) atoms. The van der Waals surface area contributed by atoms with E-state index in [0.717, 1.165) is 12.1 Å². The molecule has 1 amide bonds. The van der Waals surface area contributed by atoms with Gasteiger partial charge in [-0.1, -0.05) is 37.5 Å². The minimum Gasteiger partial charge on any atom is -0.371 e. The summed E-state index contributed by atoms with van der Waals surface area (Å²) < 4.78 is 0. The van der Waals surface area contributed by atoms with Crippen LogP contribution in [0.1, 0.15) is 32.6 Å². The first kappa shape index (κ1) is 12.0. The number of amides is 1. The molecule has 92 valence electrons. The number of rotatable bonds is 5. The van der Waals surface area contributed by atoms with Crippen LogP contribution < -0.4 is 11.1 Å². The Kier molecular flexibility index (Phi) is 3.36. The van der Waals surface area contributed by atoms with Crippen LogP contribution in [-0.2, 0) is 4.79 Å². The first-order valence-corrected chi connectivity index (χ1v) is 6.23. The van der Waals surface area contributed by atoms with Gasteiger partial charge in [-0.3, -0.25) is 4.79 Å². The number of carbonyl (C=O) groups excluding carboxylic acids is 1. The van der Waals surface area contributed by atoms with Crippen LogP contribution in [0.5, 0.6) is 0 Å². The maximum atomic E-state index is 11.7. The molecule has 1 aromatic carbocycles. The van der Waals surface area contributed by atoms with Crippen LogP contribution in [0.3, 0.4) is 0 Å². The number of anilines is 1. The van der Waals surface area contributed by atoms with Crippen molar-refractivity contribution in [1.82, 2.24) is 0 Å². The van der Waals surface area contributed by atoms with Crippen LogP contribution in [-0.4, -0.2) is 11.4 Å². The van der Waals surface area contributed by atoms with E-state index in [1.807, 2.05) is 37.3 Å². The number of para-hydroxylation sites is 1. The average molecular weight is 232 g/mol. The quantitative estimate of drug-likeness (QED) is 0.819. The predicted octanol–water partition coefficient (Wildman–Crippen LogP) is 2.53. The second kappa shape index (κ2) is 4.78. The third kappa shape index (κ3) is 2.78. The molecule has 3 heteroatoms. The number of hydrogen-bond donors (Lipinski definition) is 2. The van der Waals surface area contributed by atoms with Crippen molar-refractivity contribution < 1.29 is 4.79 Å². The summed E-state index contributed by atoms with van der Waals surface area (Å²) >= 11 is 0. The van der Waals surface area contributed by atoms with Crippen LogP contribution in [0.15, 0.2) is 30.3 Å². The molecule has 1 aliphatic rings. The van der Waals surface area contributed by atoms with E-state index >= 15 is 0 Å². The molecular weight excluding hydrogens is 212 g/mol. The number of hydrogen-bond acceptors (Lipinski definition) is 2. The second-order valence-electron chi connectivity index (χ2n) is 5.19. The third-order valence-electron chi connectivity index (χ3n) is 3.66. The van der Waals surface area contributed by atoms with Gasteiger partial charge in [0.05, 0.1) is 0 Å². The highest BCUT2D eigenvalue weighted by Gasteiger charge is 2.35. The first-order chi connectivity index (χ1) is 8.10. The lowest BCUT2D eigenvalue weighted by Crippen LogP contribution is -2.49. The van der Waals surface area contributed by atoms with Crippen molar-refractivity contribution in [3.05, 3.63) is 30.3 Å². The van der Waals surface area contributed by atoms with Gasteiger partial charge in [0.25, 0.3) is 0 Å². The van der Waals surface area contributed by atoms with Gasteiger partial charge in [0, 0.05) is 5.69 Å². The second-order valence-corrected chi connectivity index (χ2v) is 5.19. The molecule has 1 unspecified atom stereocenters. The highest BCUT2D eigenvalue weighted by Crippen LogP contribution is 2.34. The Hall–Kier alpha value is -1.51. The molecule has 2 rings (SSSR count). The molecule has 1 aliphatic carbocycles. The lowest BCUT2D eigenvalue weighted by molar-refractivity contribution is -0.122. The van der Waals surface area contributed by atoms with Crippen LogP contribution >= 0.6 is 0 Å². The molecule has 3 N–H and O–H groups in total. The van der Waals surface area contributed by atoms with Crippen LogP contribution in [0.2, 0.25) is 0 Å². The van der Waals surface area contributed by atoms with Crippen molar-refractivity contribution >= 4 is 11.6 Å². The maximum absolute atomic E-state index is 11.7. The van der Waals surface area contributed by atoms with E-state index in [1.165, 1.54) is 19.3 Å². The summed E-state index contributed by atoms with van der Waals surface area (Å²) in [5.74, 6) is 0.372. The van der Waals surface area contributed by atoms with E-state index in [-0.39, 0.29) is 5.91 Å². The Balaban J connectivity index is 2.07. The molecule has 0 saturated heterocycles. The Morgan fingerprint density at radius 1 is 1.41 bits per heavy atom. The van der Waals surface area contributed by atoms with Crippen LogP contribution in [0, 0.1) is 5.92 Å². The largest absolute Gasteiger partial charge is 0.371 e. The van der Waals surface area contributed by atoms with E-state index in [9.17, 15) is 4.79 Å². The monoisotopic (exact) mass is 232 g/mol. The average Bonchev–Trinajstić information content (AvgIpc) is 2.25. The minimum atomic E-state index is -0.633. The van der Waals surface area contributed by atoms with Gasteiger partial charge in [0.2, 0.25) is 5.91 Å². The summed E-state index contributed by atoms with van der Waals surface area (Å²) in [6, 6.07) is 9.78. The van der Waals surface area contributed by atoms with Crippen LogP contribution in [0.25, 0.3) is 0 Å². The first-order valence-electron chi connectivity index (χ1n) is 6.23.